The number of hydrogen-bond donors (Lipinski definition) is 1. The van der Waals surface area contributed by atoms with Crippen LogP contribution < -0.4 is 0 Å². The number of imide groups is 1. The van der Waals surface area contributed by atoms with Crippen molar-refractivity contribution < 1.29 is 14.7 Å². The molecule has 1 aliphatic carbocycles. The number of aliphatic hydroxyl groups is 1. The molecule has 1 saturated carbocycles. The summed E-state index contributed by atoms with van der Waals surface area (Å²) in [5, 5.41) is 9.00. The predicted octanol–water partition coefficient (Wildman–Crippen LogP) is 0.398. The average molecular weight is 211 g/mol. The van der Waals surface area contributed by atoms with Gasteiger partial charge in [-0.2, -0.15) is 0 Å². The van der Waals surface area contributed by atoms with E-state index < -0.39 is 0 Å². The molecule has 1 N–H and O–H groups in total. The maximum absolute atomic E-state index is 11.9. The molecule has 0 aromatic heterocycles. The van der Waals surface area contributed by atoms with Gasteiger partial charge in [0, 0.05) is 0 Å². The first-order valence-corrected chi connectivity index (χ1v) is 5.54. The van der Waals surface area contributed by atoms with E-state index in [1.807, 2.05) is 0 Å². The Bertz CT molecular complexity index is 278. The molecule has 84 valence electrons. The van der Waals surface area contributed by atoms with Gasteiger partial charge in [-0.1, -0.05) is 6.92 Å². The number of amides is 2. The normalized spacial score (nSPS) is 37.3. The molecule has 0 bridgehead atoms. The van der Waals surface area contributed by atoms with Gasteiger partial charge in [0.05, 0.1) is 24.5 Å². The first-order valence-electron chi connectivity index (χ1n) is 5.54. The lowest BCUT2D eigenvalue weighted by Crippen LogP contribution is -2.41. The molecule has 2 unspecified atom stereocenters. The Balaban J connectivity index is 2.20. The first-order chi connectivity index (χ1) is 7.06. The molecular weight excluding hydrogens is 194 g/mol. The van der Waals surface area contributed by atoms with Gasteiger partial charge in [-0.25, -0.2) is 0 Å². The Morgan fingerprint density at radius 3 is 2.20 bits per heavy atom. The lowest BCUT2D eigenvalue weighted by atomic mass is 10.00. The summed E-state index contributed by atoms with van der Waals surface area (Å²) >= 11 is 0. The van der Waals surface area contributed by atoms with Crippen molar-refractivity contribution in [1.82, 2.24) is 4.90 Å². The first kappa shape index (κ1) is 10.6. The fourth-order valence-electron chi connectivity index (χ4n) is 2.82. The number of likely N-dealkylation sites (tertiary alicyclic amines) is 1. The number of hydrogen-bond acceptors (Lipinski definition) is 3. The molecule has 1 saturated heterocycles. The highest BCUT2D eigenvalue weighted by atomic mass is 16.3. The second-order valence-electron chi connectivity index (χ2n) is 4.87. The number of carbonyl (C=O) groups is 2. The van der Waals surface area contributed by atoms with E-state index in [0.717, 1.165) is 12.8 Å². The minimum absolute atomic E-state index is 0.0732. The van der Waals surface area contributed by atoms with E-state index in [-0.39, 0.29) is 36.3 Å². The van der Waals surface area contributed by atoms with Crippen LogP contribution in [0, 0.1) is 17.8 Å². The Kier molecular flexibility index (Phi) is 2.54. The molecule has 4 nitrogen and oxygen atoms in total. The average Bonchev–Trinajstić information content (AvgIpc) is 2.67. The maximum atomic E-state index is 11.9. The monoisotopic (exact) mass is 211 g/mol. The summed E-state index contributed by atoms with van der Waals surface area (Å²) in [4.78, 5) is 25.1. The molecular formula is C11H17NO3. The van der Waals surface area contributed by atoms with Gasteiger partial charge in [-0.15, -0.1) is 0 Å². The minimum Gasteiger partial charge on any atom is -0.394 e. The largest absolute Gasteiger partial charge is 0.394 e. The summed E-state index contributed by atoms with van der Waals surface area (Å²) < 4.78 is 0. The fraction of sp³-hybridized carbons (Fsp3) is 0.818. The lowest BCUT2D eigenvalue weighted by Gasteiger charge is -2.22. The second kappa shape index (κ2) is 3.59. The van der Waals surface area contributed by atoms with Crippen molar-refractivity contribution in [3.63, 3.8) is 0 Å². The molecule has 0 aromatic rings. The van der Waals surface area contributed by atoms with Crippen LogP contribution in [-0.2, 0) is 9.59 Å². The third kappa shape index (κ3) is 1.47. The van der Waals surface area contributed by atoms with Crippen LogP contribution in [0.15, 0.2) is 0 Å². The van der Waals surface area contributed by atoms with Gasteiger partial charge < -0.3 is 5.11 Å². The molecule has 15 heavy (non-hydrogen) atoms. The van der Waals surface area contributed by atoms with E-state index in [9.17, 15) is 9.59 Å². The minimum atomic E-state index is -0.370. The Hall–Kier alpha value is -0.900. The molecule has 2 rings (SSSR count). The third-order valence-electron chi connectivity index (χ3n) is 3.61. The standard InChI is InChI=1S/C11H17NO3/c1-6-3-8-9(4-6)11(15)12(10(8)14)7(2)5-13/h6-9,13H,3-5H2,1-2H3/t6?,7-,8?,9?/m0/s1. The van der Waals surface area contributed by atoms with E-state index in [0.29, 0.717) is 5.92 Å². The van der Waals surface area contributed by atoms with Crippen LogP contribution >= 0.6 is 0 Å². The van der Waals surface area contributed by atoms with Gasteiger partial charge >= 0.3 is 0 Å². The van der Waals surface area contributed by atoms with Crippen molar-refractivity contribution in [1.29, 1.82) is 0 Å². The van der Waals surface area contributed by atoms with Crippen LogP contribution in [-0.4, -0.2) is 34.5 Å². The molecule has 0 spiro atoms. The van der Waals surface area contributed by atoms with Gasteiger partial charge in [0.2, 0.25) is 11.8 Å². The van der Waals surface area contributed by atoms with Crippen molar-refractivity contribution >= 4 is 11.8 Å². The zero-order chi connectivity index (χ0) is 11.2. The van der Waals surface area contributed by atoms with E-state index in [2.05, 4.69) is 6.92 Å². The number of rotatable bonds is 2. The zero-order valence-corrected chi connectivity index (χ0v) is 9.14. The smallest absolute Gasteiger partial charge is 0.233 e. The van der Waals surface area contributed by atoms with E-state index in [1.54, 1.807) is 6.92 Å². The molecule has 2 fully saturated rings. The van der Waals surface area contributed by atoms with Gasteiger partial charge in [-0.05, 0) is 25.7 Å². The number of aliphatic hydroxyl groups excluding tert-OH is 1. The Morgan fingerprint density at radius 2 is 1.80 bits per heavy atom. The van der Waals surface area contributed by atoms with Gasteiger partial charge in [0.1, 0.15) is 0 Å². The molecule has 3 atom stereocenters. The molecule has 2 aliphatic rings. The highest BCUT2D eigenvalue weighted by Crippen LogP contribution is 2.43. The topological polar surface area (TPSA) is 57.6 Å². The molecule has 2 amide bonds. The number of fused-ring (bicyclic) bond motifs is 1. The fourth-order valence-corrected chi connectivity index (χ4v) is 2.82. The molecule has 1 aliphatic heterocycles. The van der Waals surface area contributed by atoms with Crippen LogP contribution in [0.4, 0.5) is 0 Å². The van der Waals surface area contributed by atoms with Gasteiger partial charge in [0.15, 0.2) is 0 Å². The molecule has 0 radical (unpaired) electrons. The summed E-state index contributed by atoms with van der Waals surface area (Å²) in [6.07, 6.45) is 1.65. The molecule has 4 heteroatoms. The van der Waals surface area contributed by atoms with Crippen molar-refractivity contribution in [2.24, 2.45) is 17.8 Å². The van der Waals surface area contributed by atoms with Crippen molar-refractivity contribution in [2.75, 3.05) is 6.61 Å². The van der Waals surface area contributed by atoms with E-state index >= 15 is 0 Å². The Morgan fingerprint density at radius 1 is 1.33 bits per heavy atom. The maximum Gasteiger partial charge on any atom is 0.233 e. The van der Waals surface area contributed by atoms with Crippen LogP contribution in [0.2, 0.25) is 0 Å². The quantitative estimate of drug-likeness (QED) is 0.672. The number of carbonyl (C=O) groups excluding carboxylic acids is 2. The predicted molar refractivity (Wildman–Crippen MR) is 53.8 cm³/mol. The number of nitrogens with zero attached hydrogens (tertiary/aromatic N) is 1. The SMILES string of the molecule is CC1CC2C(=O)N([C@@H](C)CO)C(=O)C2C1. The highest BCUT2D eigenvalue weighted by molar-refractivity contribution is 6.05. The van der Waals surface area contributed by atoms with Crippen molar-refractivity contribution in [2.45, 2.75) is 32.7 Å². The summed E-state index contributed by atoms with van der Waals surface area (Å²) in [7, 11) is 0. The van der Waals surface area contributed by atoms with Crippen LogP contribution in [0.25, 0.3) is 0 Å². The van der Waals surface area contributed by atoms with Crippen LogP contribution in [0.5, 0.6) is 0 Å². The molecule has 1 heterocycles. The van der Waals surface area contributed by atoms with Crippen LogP contribution in [0.3, 0.4) is 0 Å². The Labute approximate surface area is 89.3 Å². The summed E-state index contributed by atoms with van der Waals surface area (Å²) in [5.41, 5.74) is 0. The second-order valence-corrected chi connectivity index (χ2v) is 4.87. The summed E-state index contributed by atoms with van der Waals surface area (Å²) in [5.74, 6) is 0.106. The van der Waals surface area contributed by atoms with Crippen LogP contribution in [0.1, 0.15) is 26.7 Å². The highest BCUT2D eigenvalue weighted by Gasteiger charge is 2.52. The lowest BCUT2D eigenvalue weighted by molar-refractivity contribution is -0.143. The summed E-state index contributed by atoms with van der Waals surface area (Å²) in [6, 6.07) is -0.370. The van der Waals surface area contributed by atoms with Gasteiger partial charge in [0.25, 0.3) is 0 Å². The third-order valence-corrected chi connectivity index (χ3v) is 3.61. The van der Waals surface area contributed by atoms with Crippen molar-refractivity contribution in [3.8, 4) is 0 Å². The molecule has 0 aromatic carbocycles. The van der Waals surface area contributed by atoms with Crippen molar-refractivity contribution in [3.05, 3.63) is 0 Å². The van der Waals surface area contributed by atoms with Gasteiger partial charge in [-0.3, -0.25) is 14.5 Å². The van der Waals surface area contributed by atoms with E-state index in [1.165, 1.54) is 4.90 Å². The summed E-state index contributed by atoms with van der Waals surface area (Å²) in [6.45, 7) is 3.64. The van der Waals surface area contributed by atoms with E-state index in [4.69, 9.17) is 5.11 Å². The zero-order valence-electron chi connectivity index (χ0n) is 9.14.